The summed E-state index contributed by atoms with van der Waals surface area (Å²) >= 11 is 3.42. The zero-order valence-electron chi connectivity index (χ0n) is 10.6. The number of likely N-dealkylation sites (tertiary alicyclic amines) is 1. The Hall–Kier alpha value is -0.870. The number of hydrogen-bond donors (Lipinski definition) is 1. The van der Waals surface area contributed by atoms with Crippen molar-refractivity contribution in [3.63, 3.8) is 0 Å². The smallest absolute Gasteiger partial charge is 0.321 e. The van der Waals surface area contributed by atoms with Crippen LogP contribution in [-0.4, -0.2) is 28.6 Å². The first-order valence-corrected chi connectivity index (χ1v) is 7.04. The number of hydrogen-bond acceptors (Lipinski definition) is 2. The maximum atomic E-state index is 11.4. The van der Waals surface area contributed by atoms with Crippen LogP contribution < -0.4 is 0 Å². The number of nitrogens with zero attached hydrogens (tertiary/aromatic N) is 1. The Balaban J connectivity index is 2.20. The van der Waals surface area contributed by atoms with Crippen LogP contribution in [0.1, 0.15) is 31.9 Å². The van der Waals surface area contributed by atoms with E-state index < -0.39 is 5.97 Å². The minimum Gasteiger partial charge on any atom is -0.480 e. The minimum absolute atomic E-state index is 0.143. The molecule has 1 aromatic carbocycles. The van der Waals surface area contributed by atoms with Gasteiger partial charge in [-0.3, -0.25) is 9.69 Å². The third-order valence-corrected chi connectivity index (χ3v) is 4.37. The molecule has 0 amide bonds. The zero-order valence-corrected chi connectivity index (χ0v) is 12.2. The highest BCUT2D eigenvalue weighted by Crippen LogP contribution is 2.33. The molecule has 18 heavy (non-hydrogen) atoms. The molecular formula is C14H18BrNO2. The van der Waals surface area contributed by atoms with E-state index in [0.717, 1.165) is 17.4 Å². The first-order chi connectivity index (χ1) is 8.50. The summed E-state index contributed by atoms with van der Waals surface area (Å²) in [5.74, 6) is -0.482. The molecule has 0 spiro atoms. The van der Waals surface area contributed by atoms with Gasteiger partial charge in [-0.25, -0.2) is 0 Å². The molecule has 3 unspecified atom stereocenters. The van der Waals surface area contributed by atoms with E-state index in [4.69, 9.17) is 0 Å². The molecule has 1 aliphatic rings. The molecule has 4 heteroatoms. The number of aliphatic carboxylic acids is 1. The third-order valence-electron chi connectivity index (χ3n) is 3.84. The highest BCUT2D eigenvalue weighted by molar-refractivity contribution is 9.10. The SMILES string of the molecule is CC1CCN(C(C)c2ccc(Br)cc2)C1C(=O)O. The van der Waals surface area contributed by atoms with Crippen molar-refractivity contribution in [2.45, 2.75) is 32.4 Å². The van der Waals surface area contributed by atoms with E-state index in [9.17, 15) is 9.90 Å². The largest absolute Gasteiger partial charge is 0.480 e. The van der Waals surface area contributed by atoms with Crippen LogP contribution in [0.5, 0.6) is 0 Å². The van der Waals surface area contributed by atoms with Gasteiger partial charge in [0, 0.05) is 10.5 Å². The number of carbonyl (C=O) groups is 1. The average molecular weight is 312 g/mol. The van der Waals surface area contributed by atoms with E-state index in [1.165, 1.54) is 5.56 Å². The molecule has 0 saturated carbocycles. The molecule has 1 aliphatic heterocycles. The van der Waals surface area contributed by atoms with Crippen LogP contribution in [0.4, 0.5) is 0 Å². The molecule has 1 N–H and O–H groups in total. The van der Waals surface area contributed by atoms with Crippen LogP contribution in [0.3, 0.4) is 0 Å². The Labute approximate surface area is 116 Å². The van der Waals surface area contributed by atoms with Crippen molar-refractivity contribution in [3.8, 4) is 0 Å². The number of rotatable bonds is 3. The average Bonchev–Trinajstić information content (AvgIpc) is 2.71. The van der Waals surface area contributed by atoms with E-state index in [-0.39, 0.29) is 18.0 Å². The summed E-state index contributed by atoms with van der Waals surface area (Å²) in [7, 11) is 0. The van der Waals surface area contributed by atoms with Crippen LogP contribution in [0.25, 0.3) is 0 Å². The lowest BCUT2D eigenvalue weighted by Gasteiger charge is -2.29. The van der Waals surface area contributed by atoms with E-state index >= 15 is 0 Å². The predicted molar refractivity (Wildman–Crippen MR) is 74.5 cm³/mol. The first kappa shape index (κ1) is 13.6. The second-order valence-corrected chi connectivity index (χ2v) is 5.93. The van der Waals surface area contributed by atoms with Crippen LogP contribution >= 0.6 is 15.9 Å². The van der Waals surface area contributed by atoms with Gasteiger partial charge in [0.15, 0.2) is 0 Å². The zero-order chi connectivity index (χ0) is 13.3. The maximum Gasteiger partial charge on any atom is 0.321 e. The molecule has 98 valence electrons. The number of carboxylic acids is 1. The highest BCUT2D eigenvalue weighted by atomic mass is 79.9. The Kier molecular flexibility index (Phi) is 4.07. The molecule has 1 heterocycles. The standard InChI is InChI=1S/C14H18BrNO2/c1-9-7-8-16(13(9)14(17)18)10(2)11-3-5-12(15)6-4-11/h3-6,9-10,13H,7-8H2,1-2H3,(H,17,18). The van der Waals surface area contributed by atoms with Crippen LogP contribution in [-0.2, 0) is 4.79 Å². The minimum atomic E-state index is -0.705. The number of halogens is 1. The van der Waals surface area contributed by atoms with Gasteiger partial charge in [0.25, 0.3) is 0 Å². The molecule has 1 fully saturated rings. The summed E-state index contributed by atoms with van der Waals surface area (Å²) in [6.07, 6.45) is 0.956. The number of carboxylic acid groups (broad SMARTS) is 1. The van der Waals surface area contributed by atoms with Gasteiger partial charge >= 0.3 is 5.97 Å². The summed E-state index contributed by atoms with van der Waals surface area (Å²) < 4.78 is 1.04. The van der Waals surface area contributed by atoms with Crippen molar-refractivity contribution in [1.82, 2.24) is 4.90 Å². The van der Waals surface area contributed by atoms with Gasteiger partial charge in [0.05, 0.1) is 0 Å². The van der Waals surface area contributed by atoms with E-state index in [1.54, 1.807) is 0 Å². The van der Waals surface area contributed by atoms with Crippen LogP contribution in [0.2, 0.25) is 0 Å². The fraction of sp³-hybridized carbons (Fsp3) is 0.500. The molecule has 0 bridgehead atoms. The second-order valence-electron chi connectivity index (χ2n) is 5.01. The summed E-state index contributed by atoms with van der Waals surface area (Å²) in [4.78, 5) is 13.5. The second kappa shape index (κ2) is 5.41. The van der Waals surface area contributed by atoms with Gasteiger partial charge < -0.3 is 5.11 Å². The molecule has 3 nitrogen and oxygen atoms in total. The molecule has 2 rings (SSSR count). The Morgan fingerprint density at radius 3 is 2.61 bits per heavy atom. The van der Waals surface area contributed by atoms with Crippen LogP contribution in [0.15, 0.2) is 28.7 Å². The summed E-state index contributed by atoms with van der Waals surface area (Å²) in [5, 5.41) is 9.34. The predicted octanol–water partition coefficient (Wildman–Crippen LogP) is 3.31. The molecule has 0 aliphatic carbocycles. The Morgan fingerprint density at radius 2 is 2.06 bits per heavy atom. The lowest BCUT2D eigenvalue weighted by Crippen LogP contribution is -2.40. The highest BCUT2D eigenvalue weighted by Gasteiger charge is 2.39. The summed E-state index contributed by atoms with van der Waals surface area (Å²) in [6.45, 7) is 4.96. The summed E-state index contributed by atoms with van der Waals surface area (Å²) in [6, 6.07) is 7.89. The lowest BCUT2D eigenvalue weighted by atomic mass is 10.0. The Morgan fingerprint density at radius 1 is 1.44 bits per heavy atom. The normalized spacial score (nSPS) is 26.2. The van der Waals surface area contributed by atoms with Crippen LogP contribution in [0, 0.1) is 5.92 Å². The fourth-order valence-electron chi connectivity index (χ4n) is 2.73. The van der Waals surface area contributed by atoms with E-state index in [2.05, 4.69) is 39.9 Å². The van der Waals surface area contributed by atoms with Crippen molar-refractivity contribution in [2.24, 2.45) is 5.92 Å². The third kappa shape index (κ3) is 2.59. The van der Waals surface area contributed by atoms with Crippen molar-refractivity contribution in [3.05, 3.63) is 34.3 Å². The topological polar surface area (TPSA) is 40.5 Å². The van der Waals surface area contributed by atoms with Gasteiger partial charge in [-0.05, 0) is 43.5 Å². The quantitative estimate of drug-likeness (QED) is 0.931. The van der Waals surface area contributed by atoms with Gasteiger partial charge in [0.1, 0.15) is 6.04 Å². The van der Waals surface area contributed by atoms with Crippen molar-refractivity contribution in [1.29, 1.82) is 0 Å². The number of benzene rings is 1. The van der Waals surface area contributed by atoms with E-state index in [0.29, 0.717) is 0 Å². The lowest BCUT2D eigenvalue weighted by molar-refractivity contribution is -0.144. The van der Waals surface area contributed by atoms with E-state index in [1.807, 2.05) is 19.1 Å². The summed E-state index contributed by atoms with van der Waals surface area (Å²) in [5.41, 5.74) is 1.17. The first-order valence-electron chi connectivity index (χ1n) is 6.24. The molecular weight excluding hydrogens is 294 g/mol. The molecule has 1 saturated heterocycles. The molecule has 0 radical (unpaired) electrons. The van der Waals surface area contributed by atoms with Crippen molar-refractivity contribution < 1.29 is 9.90 Å². The molecule has 3 atom stereocenters. The van der Waals surface area contributed by atoms with Crippen molar-refractivity contribution >= 4 is 21.9 Å². The molecule has 1 aromatic rings. The molecule has 0 aromatic heterocycles. The monoisotopic (exact) mass is 311 g/mol. The van der Waals surface area contributed by atoms with Crippen molar-refractivity contribution in [2.75, 3.05) is 6.54 Å². The van der Waals surface area contributed by atoms with Gasteiger partial charge in [-0.15, -0.1) is 0 Å². The van der Waals surface area contributed by atoms with Gasteiger partial charge in [0.2, 0.25) is 0 Å². The maximum absolute atomic E-state index is 11.4. The van der Waals surface area contributed by atoms with Gasteiger partial charge in [-0.1, -0.05) is 35.0 Å². The fourth-order valence-corrected chi connectivity index (χ4v) is 2.99. The Bertz CT molecular complexity index is 432. The van der Waals surface area contributed by atoms with Gasteiger partial charge in [-0.2, -0.15) is 0 Å².